The molecule has 4 nitrogen and oxygen atoms in total. The van der Waals surface area contributed by atoms with Crippen LogP contribution in [0.15, 0.2) is 0 Å². The zero-order chi connectivity index (χ0) is 4.50. The van der Waals surface area contributed by atoms with Crippen LogP contribution in [0.1, 0.15) is 0 Å². The van der Waals surface area contributed by atoms with Gasteiger partial charge in [-0.1, -0.05) is 0 Å². The third kappa shape index (κ3) is 203. The maximum absolute atomic E-state index is 8.97. The molecule has 0 atom stereocenters. The van der Waals surface area contributed by atoms with E-state index in [-0.39, 0.29) is 0 Å². The molecule has 5 heavy (non-hydrogen) atoms. The number of hydrogen-bond donors (Lipinski definition) is 3. The summed E-state index contributed by atoms with van der Waals surface area (Å²) in [4.78, 5) is 0. The summed E-state index contributed by atoms with van der Waals surface area (Å²) >= 11 is -5.36. The summed E-state index contributed by atoms with van der Waals surface area (Å²) in [6.45, 7) is 0. The van der Waals surface area contributed by atoms with Crippen LogP contribution in [0.5, 0.6) is 0 Å². The van der Waals surface area contributed by atoms with Crippen LogP contribution in [0.2, 0.25) is 0 Å². The van der Waals surface area contributed by atoms with Crippen molar-refractivity contribution in [3.05, 3.63) is 0 Å². The first-order valence-electron chi connectivity index (χ1n) is 0.661. The monoisotopic (exact) mass is 254 g/mol. The van der Waals surface area contributed by atoms with Gasteiger partial charge in [0, 0.05) is 0 Å². The summed E-state index contributed by atoms with van der Waals surface area (Å²) in [5, 5.41) is 0. The Morgan fingerprint density at radius 2 is 1.20 bits per heavy atom. The van der Waals surface area contributed by atoms with Gasteiger partial charge in [-0.05, 0) is 0 Å². The van der Waals surface area contributed by atoms with Gasteiger partial charge in [0.05, 0.1) is 0 Å². The molecule has 0 aliphatic carbocycles. The summed E-state index contributed by atoms with van der Waals surface area (Å²) in [6, 6.07) is 0. The Morgan fingerprint density at radius 1 is 1.20 bits per heavy atom. The quantitative estimate of drug-likeness (QED) is 0.476. The van der Waals surface area contributed by atoms with E-state index in [2.05, 4.69) is 0 Å². The molecule has 3 N–H and O–H groups in total. The van der Waals surface area contributed by atoms with E-state index >= 15 is 0 Å². The van der Waals surface area contributed by atoms with Gasteiger partial charge in [-0.3, -0.25) is 0 Å². The zero-order valence-corrected chi connectivity index (χ0v) is 4.84. The second-order valence-electron chi connectivity index (χ2n) is 0.434. The van der Waals surface area contributed by atoms with Crippen molar-refractivity contribution >= 4 is 0 Å². The van der Waals surface area contributed by atoms with Gasteiger partial charge < -0.3 is 0 Å². The molecule has 0 aromatic rings. The van der Waals surface area contributed by atoms with Crippen molar-refractivity contribution in [1.82, 2.24) is 0 Å². The van der Waals surface area contributed by atoms with Crippen molar-refractivity contribution in [2.24, 2.45) is 0 Å². The average molecular weight is 253 g/mol. The molecule has 5 heteroatoms. The van der Waals surface area contributed by atoms with E-state index in [1.54, 1.807) is 0 Å². The van der Waals surface area contributed by atoms with Crippen LogP contribution in [0.4, 0.5) is 0 Å². The van der Waals surface area contributed by atoms with Crippen molar-refractivity contribution in [2.45, 2.75) is 0 Å². The van der Waals surface area contributed by atoms with Gasteiger partial charge in [0.2, 0.25) is 0 Å². The van der Waals surface area contributed by atoms with Crippen LogP contribution >= 0.6 is 0 Å². The van der Waals surface area contributed by atoms with Crippen molar-refractivity contribution in [3.63, 3.8) is 0 Å². The Labute approximate surface area is 32.3 Å². The molecule has 0 saturated carbocycles. The van der Waals surface area contributed by atoms with E-state index in [4.69, 9.17) is 15.0 Å². The van der Waals surface area contributed by atoms with Gasteiger partial charge in [-0.15, -0.1) is 0 Å². The van der Waals surface area contributed by atoms with E-state index in [1.165, 1.54) is 0 Å². The summed E-state index contributed by atoms with van der Waals surface area (Å²) in [5.74, 6) is 0. The summed E-state index contributed by atoms with van der Waals surface area (Å²) in [5.41, 5.74) is 0. The molecule has 0 amide bonds. The Hall–Kier alpha value is 0.342. The molecule has 0 aromatic carbocycles. The molecule has 0 aliphatic heterocycles. The molecule has 0 unspecified atom stereocenters. The second kappa shape index (κ2) is 1.21. The standard InChI is InChI=1S/3H2O.O.Re/h3*1H2;;/q;;;;+3/p-3. The van der Waals surface area contributed by atoms with Crippen molar-refractivity contribution in [2.75, 3.05) is 0 Å². The first-order chi connectivity index (χ1) is 2.00. The summed E-state index contributed by atoms with van der Waals surface area (Å²) < 4.78 is 30.8. The fourth-order valence-corrected chi connectivity index (χ4v) is 0. The van der Waals surface area contributed by atoms with Crippen LogP contribution < -0.4 is 0 Å². The Balaban J connectivity index is 3.47. The molecule has 0 aromatic heterocycles. The molecular weight excluding hydrogens is 250 g/mol. The minimum atomic E-state index is -5.36. The van der Waals surface area contributed by atoms with Crippen LogP contribution in [-0.4, -0.2) is 11.5 Å². The molecule has 0 aliphatic rings. The normalized spacial score (nSPS) is 15.0. The Bertz CT molecular complexity index is 49.8. The van der Waals surface area contributed by atoms with Crippen LogP contribution in [0.3, 0.4) is 0 Å². The topological polar surface area (TPSA) is 77.8 Å². The second-order valence-corrected chi connectivity index (χ2v) is 3.55. The third-order valence-electron chi connectivity index (χ3n) is 0. The molecule has 0 rings (SSSR count). The fraction of sp³-hybridized carbons (Fsp3) is 0. The summed E-state index contributed by atoms with van der Waals surface area (Å²) in [7, 11) is 0. The Kier molecular flexibility index (Phi) is 1.29. The van der Waals surface area contributed by atoms with Crippen LogP contribution in [-0.2, 0) is 20.1 Å². The molecule has 0 fully saturated rings. The fourth-order valence-electron chi connectivity index (χ4n) is 0. The van der Waals surface area contributed by atoms with E-state index in [0.717, 1.165) is 0 Å². The van der Waals surface area contributed by atoms with E-state index < -0.39 is 16.6 Å². The minimum absolute atomic E-state index is 5.36. The zero-order valence-electron chi connectivity index (χ0n) is 2.13. The van der Waals surface area contributed by atoms with E-state index in [1.807, 2.05) is 0 Å². The predicted octanol–water partition coefficient (Wildman–Crippen LogP) is -1.79. The van der Waals surface area contributed by atoms with Gasteiger partial charge in [-0.2, -0.15) is 0 Å². The van der Waals surface area contributed by atoms with Crippen LogP contribution in [0.25, 0.3) is 0 Å². The molecule has 0 radical (unpaired) electrons. The van der Waals surface area contributed by atoms with Crippen molar-refractivity contribution < 1.29 is 31.6 Å². The molecule has 0 saturated heterocycles. The molecule has 0 heterocycles. The first-order valence-corrected chi connectivity index (χ1v) is 5.41. The van der Waals surface area contributed by atoms with Gasteiger partial charge in [0.15, 0.2) is 0 Å². The maximum atomic E-state index is 8.97. The van der Waals surface area contributed by atoms with Crippen molar-refractivity contribution in [3.8, 4) is 0 Å². The van der Waals surface area contributed by atoms with Gasteiger partial charge in [-0.25, -0.2) is 0 Å². The summed E-state index contributed by atoms with van der Waals surface area (Å²) in [6.07, 6.45) is 0. The average Bonchev–Trinajstić information content (AvgIpc) is 0.722. The number of hydrogen-bond acceptors (Lipinski definition) is 1. The molecule has 0 spiro atoms. The van der Waals surface area contributed by atoms with Gasteiger partial charge in [0.1, 0.15) is 0 Å². The predicted molar refractivity (Wildman–Crippen MR) is 7.34 cm³/mol. The SMILES string of the molecule is [O]=[Re]([OH])([OH])[OH]. The van der Waals surface area contributed by atoms with Gasteiger partial charge in [0.25, 0.3) is 0 Å². The molecule has 34 valence electrons. The van der Waals surface area contributed by atoms with Crippen molar-refractivity contribution in [1.29, 1.82) is 0 Å². The molecular formula is H3O4Re. The van der Waals surface area contributed by atoms with Gasteiger partial charge >= 0.3 is 31.6 Å². The third-order valence-corrected chi connectivity index (χ3v) is 0. The molecule has 0 bridgehead atoms. The van der Waals surface area contributed by atoms with Crippen LogP contribution in [0, 0.1) is 0 Å². The Morgan fingerprint density at radius 3 is 1.20 bits per heavy atom. The first kappa shape index (κ1) is 5.34. The number of rotatable bonds is 0. The van der Waals surface area contributed by atoms with E-state index in [0.29, 0.717) is 0 Å². The van der Waals surface area contributed by atoms with E-state index in [9.17, 15) is 0 Å².